The van der Waals surface area contributed by atoms with E-state index in [1.165, 1.54) is 6.20 Å². The molecule has 0 saturated heterocycles. The number of hydrogen-bond acceptors (Lipinski definition) is 8. The van der Waals surface area contributed by atoms with Crippen molar-refractivity contribution in [3.63, 3.8) is 0 Å². The maximum atomic E-state index is 12.7. The molecule has 0 spiro atoms. The Morgan fingerprint density at radius 2 is 1.86 bits per heavy atom. The van der Waals surface area contributed by atoms with E-state index >= 15 is 0 Å². The Labute approximate surface area is 167 Å². The van der Waals surface area contributed by atoms with Crippen LogP contribution in [-0.4, -0.2) is 43.8 Å². The number of esters is 1. The van der Waals surface area contributed by atoms with Crippen LogP contribution in [0.4, 0.5) is 5.69 Å². The Morgan fingerprint density at radius 3 is 2.46 bits per heavy atom. The third kappa shape index (κ3) is 3.73. The molecule has 3 rings (SSSR count). The topological polar surface area (TPSA) is 73.8 Å². The van der Waals surface area contributed by atoms with Gasteiger partial charge in [-0.2, -0.15) is 0 Å². The Morgan fingerprint density at radius 1 is 1.14 bits per heavy atom. The maximum Gasteiger partial charge on any atom is 0.341 e. The first-order valence-electron chi connectivity index (χ1n) is 8.83. The van der Waals surface area contributed by atoms with E-state index in [2.05, 4.69) is 9.97 Å². The third-order valence-electron chi connectivity index (χ3n) is 4.30. The summed E-state index contributed by atoms with van der Waals surface area (Å²) in [6.07, 6.45) is 3.38. The van der Waals surface area contributed by atoms with Gasteiger partial charge in [-0.15, -0.1) is 11.3 Å². The first-order chi connectivity index (χ1) is 13.5. The average Bonchev–Trinajstić information content (AvgIpc) is 3.10. The van der Waals surface area contributed by atoms with E-state index in [1.54, 1.807) is 38.5 Å². The standard InChI is InChI=1S/C20H23N3O4S/c1-6-27-20(24)14-10-22-18-16(26-5)8-7-15(25-4)17(18)19(14)23(3)11-13-9-21-12(2)28-13/h7-10H,6,11H2,1-5H3. The molecule has 0 aliphatic carbocycles. The molecule has 0 aliphatic heterocycles. The van der Waals surface area contributed by atoms with Gasteiger partial charge in [-0.05, 0) is 26.0 Å². The summed E-state index contributed by atoms with van der Waals surface area (Å²) in [5.74, 6) is 0.787. The van der Waals surface area contributed by atoms with E-state index in [-0.39, 0.29) is 6.61 Å². The number of carbonyl (C=O) groups is 1. The quantitative estimate of drug-likeness (QED) is 0.557. The maximum absolute atomic E-state index is 12.7. The van der Waals surface area contributed by atoms with Crippen LogP contribution in [0.2, 0.25) is 0 Å². The Bertz CT molecular complexity index is 1000. The van der Waals surface area contributed by atoms with E-state index in [4.69, 9.17) is 14.2 Å². The van der Waals surface area contributed by atoms with Crippen LogP contribution in [0.25, 0.3) is 10.9 Å². The summed E-state index contributed by atoms with van der Waals surface area (Å²) in [7, 11) is 5.10. The number of aryl methyl sites for hydroxylation is 1. The van der Waals surface area contributed by atoms with Crippen LogP contribution in [0.15, 0.2) is 24.5 Å². The van der Waals surface area contributed by atoms with Gasteiger partial charge in [0, 0.05) is 24.3 Å². The molecule has 0 saturated carbocycles. The normalized spacial score (nSPS) is 10.8. The largest absolute Gasteiger partial charge is 0.496 e. The molecule has 7 nitrogen and oxygen atoms in total. The Balaban J connectivity index is 2.24. The molecule has 2 aromatic heterocycles. The van der Waals surface area contributed by atoms with Crippen LogP contribution in [0.5, 0.6) is 11.5 Å². The summed E-state index contributed by atoms with van der Waals surface area (Å²) in [6.45, 7) is 4.61. The number of fused-ring (bicyclic) bond motifs is 1. The molecule has 0 atom stereocenters. The van der Waals surface area contributed by atoms with Gasteiger partial charge in [0.1, 0.15) is 22.6 Å². The zero-order chi connectivity index (χ0) is 20.3. The van der Waals surface area contributed by atoms with Crippen LogP contribution in [-0.2, 0) is 11.3 Å². The first kappa shape index (κ1) is 19.9. The number of methoxy groups -OCH3 is 2. The molecule has 0 N–H and O–H groups in total. The number of pyridine rings is 1. The van der Waals surface area contributed by atoms with E-state index in [9.17, 15) is 4.79 Å². The molecular formula is C20H23N3O4S. The number of rotatable bonds is 7. The van der Waals surface area contributed by atoms with Crippen molar-refractivity contribution in [2.75, 3.05) is 32.8 Å². The molecule has 1 aromatic carbocycles. The van der Waals surface area contributed by atoms with Crippen molar-refractivity contribution in [2.45, 2.75) is 20.4 Å². The van der Waals surface area contributed by atoms with Crippen LogP contribution in [0, 0.1) is 6.92 Å². The first-order valence-corrected chi connectivity index (χ1v) is 9.65. The smallest absolute Gasteiger partial charge is 0.341 e. The molecule has 28 heavy (non-hydrogen) atoms. The molecule has 0 fully saturated rings. The van der Waals surface area contributed by atoms with Gasteiger partial charge in [-0.1, -0.05) is 0 Å². The van der Waals surface area contributed by atoms with E-state index in [0.717, 1.165) is 9.88 Å². The van der Waals surface area contributed by atoms with Gasteiger partial charge in [0.15, 0.2) is 0 Å². The molecule has 2 heterocycles. The van der Waals surface area contributed by atoms with Gasteiger partial charge in [-0.25, -0.2) is 9.78 Å². The molecule has 0 aliphatic rings. The number of benzene rings is 1. The highest BCUT2D eigenvalue weighted by molar-refractivity contribution is 7.11. The molecule has 0 radical (unpaired) electrons. The molecule has 0 bridgehead atoms. The fraction of sp³-hybridized carbons (Fsp3) is 0.350. The second-order valence-corrected chi connectivity index (χ2v) is 7.46. The minimum atomic E-state index is -0.427. The van der Waals surface area contributed by atoms with E-state index < -0.39 is 5.97 Å². The lowest BCUT2D eigenvalue weighted by molar-refractivity contribution is 0.0527. The van der Waals surface area contributed by atoms with Crippen molar-refractivity contribution in [2.24, 2.45) is 0 Å². The van der Waals surface area contributed by atoms with Gasteiger partial charge in [0.2, 0.25) is 0 Å². The highest BCUT2D eigenvalue weighted by atomic mass is 32.1. The van der Waals surface area contributed by atoms with Gasteiger partial charge in [0.05, 0.1) is 43.5 Å². The number of hydrogen-bond donors (Lipinski definition) is 0. The van der Waals surface area contributed by atoms with Crippen LogP contribution in [0.1, 0.15) is 27.2 Å². The molecule has 148 valence electrons. The van der Waals surface area contributed by atoms with Crippen molar-refractivity contribution in [1.82, 2.24) is 9.97 Å². The Kier molecular flexibility index (Phi) is 5.99. The minimum absolute atomic E-state index is 0.281. The lowest BCUT2D eigenvalue weighted by atomic mass is 10.1. The van der Waals surface area contributed by atoms with Crippen molar-refractivity contribution in [3.8, 4) is 11.5 Å². The average molecular weight is 401 g/mol. The van der Waals surface area contributed by atoms with Crippen LogP contribution >= 0.6 is 11.3 Å². The predicted octanol–water partition coefficient (Wildman–Crippen LogP) is 3.83. The lowest BCUT2D eigenvalue weighted by Gasteiger charge is -2.24. The van der Waals surface area contributed by atoms with Crippen molar-refractivity contribution in [3.05, 3.63) is 40.0 Å². The fourth-order valence-electron chi connectivity index (χ4n) is 3.12. The number of carbonyl (C=O) groups excluding carboxylic acids is 1. The lowest BCUT2D eigenvalue weighted by Crippen LogP contribution is -2.21. The van der Waals surface area contributed by atoms with Gasteiger partial charge < -0.3 is 19.1 Å². The zero-order valence-electron chi connectivity index (χ0n) is 16.6. The second kappa shape index (κ2) is 8.43. The van der Waals surface area contributed by atoms with Gasteiger partial charge in [0.25, 0.3) is 0 Å². The molecular weight excluding hydrogens is 378 g/mol. The summed E-state index contributed by atoms with van der Waals surface area (Å²) in [6, 6.07) is 3.61. The fourth-order valence-corrected chi connectivity index (χ4v) is 3.96. The molecule has 0 amide bonds. The molecule has 8 heteroatoms. The van der Waals surface area contributed by atoms with Crippen LogP contribution in [0.3, 0.4) is 0 Å². The molecule has 0 unspecified atom stereocenters. The van der Waals surface area contributed by atoms with E-state index in [1.807, 2.05) is 31.1 Å². The summed E-state index contributed by atoms with van der Waals surface area (Å²) < 4.78 is 16.3. The summed E-state index contributed by atoms with van der Waals surface area (Å²) >= 11 is 1.62. The predicted molar refractivity (Wildman–Crippen MR) is 110 cm³/mol. The summed E-state index contributed by atoms with van der Waals surface area (Å²) in [5.41, 5.74) is 1.69. The van der Waals surface area contributed by atoms with Crippen LogP contribution < -0.4 is 14.4 Å². The third-order valence-corrected chi connectivity index (χ3v) is 5.19. The van der Waals surface area contributed by atoms with Crippen molar-refractivity contribution < 1.29 is 19.0 Å². The van der Waals surface area contributed by atoms with Gasteiger partial charge >= 0.3 is 5.97 Å². The number of nitrogens with zero attached hydrogens (tertiary/aromatic N) is 3. The summed E-state index contributed by atoms with van der Waals surface area (Å²) in [5, 5.41) is 1.70. The monoisotopic (exact) mass is 401 g/mol. The highest BCUT2D eigenvalue weighted by Crippen LogP contribution is 2.40. The number of anilines is 1. The summed E-state index contributed by atoms with van der Waals surface area (Å²) in [4.78, 5) is 24.5. The van der Waals surface area contributed by atoms with E-state index in [0.29, 0.717) is 40.2 Å². The van der Waals surface area contributed by atoms with Gasteiger partial charge in [-0.3, -0.25) is 4.98 Å². The zero-order valence-corrected chi connectivity index (χ0v) is 17.4. The Hall–Kier alpha value is -2.87. The van der Waals surface area contributed by atoms with Crippen molar-refractivity contribution >= 4 is 33.9 Å². The second-order valence-electron chi connectivity index (χ2n) is 6.14. The minimum Gasteiger partial charge on any atom is -0.496 e. The number of ether oxygens (including phenoxy) is 3. The number of thiazole rings is 1. The highest BCUT2D eigenvalue weighted by Gasteiger charge is 2.24. The number of aromatic nitrogens is 2. The SMILES string of the molecule is CCOC(=O)c1cnc2c(OC)ccc(OC)c2c1N(C)Cc1cnc(C)s1. The molecule has 3 aromatic rings. The van der Waals surface area contributed by atoms with Crippen molar-refractivity contribution in [1.29, 1.82) is 0 Å².